The van der Waals surface area contributed by atoms with Crippen molar-refractivity contribution in [3.8, 4) is 5.75 Å². The molecular weight excluding hydrogens is 316 g/mol. The fourth-order valence-corrected chi connectivity index (χ4v) is 2.99. The summed E-state index contributed by atoms with van der Waals surface area (Å²) in [7, 11) is 1.59. The smallest absolute Gasteiger partial charge is 0.267 e. The molecule has 0 aliphatic carbocycles. The number of para-hydroxylation sites is 2. The summed E-state index contributed by atoms with van der Waals surface area (Å²) >= 11 is 0. The van der Waals surface area contributed by atoms with E-state index in [0.717, 1.165) is 0 Å². The third-order valence-corrected chi connectivity index (χ3v) is 4.27. The second-order valence-electron chi connectivity index (χ2n) is 6.21. The molecule has 0 saturated carbocycles. The highest BCUT2D eigenvalue weighted by Gasteiger charge is 2.26. The van der Waals surface area contributed by atoms with Gasteiger partial charge in [0.1, 0.15) is 11.3 Å². The molecule has 0 fully saturated rings. The third-order valence-electron chi connectivity index (χ3n) is 4.27. The molecule has 0 atom stereocenters. The van der Waals surface area contributed by atoms with Gasteiger partial charge in [0.2, 0.25) is 0 Å². The summed E-state index contributed by atoms with van der Waals surface area (Å²) < 4.78 is 1.54. The van der Waals surface area contributed by atoms with Crippen molar-refractivity contribution in [2.45, 2.75) is 19.9 Å². The largest absolute Gasteiger partial charge is 0.506 e. The number of pyridine rings is 1. The van der Waals surface area contributed by atoms with Gasteiger partial charge in [-0.15, -0.1) is 0 Å². The van der Waals surface area contributed by atoms with Crippen molar-refractivity contribution < 1.29 is 9.90 Å². The summed E-state index contributed by atoms with van der Waals surface area (Å²) in [6.45, 7) is 3.75. The number of nitrogens with zero attached hydrogens (tertiary/aromatic N) is 2. The van der Waals surface area contributed by atoms with Crippen LogP contribution in [0.2, 0.25) is 0 Å². The molecule has 0 saturated heterocycles. The SMILES string of the molecule is CC(C)n1c(=O)c(C(=O)N(C)c2ccccc2)c(O)c2ccccc21. The van der Waals surface area contributed by atoms with E-state index in [-0.39, 0.29) is 17.4 Å². The van der Waals surface area contributed by atoms with E-state index >= 15 is 0 Å². The van der Waals surface area contributed by atoms with Gasteiger partial charge in [-0.3, -0.25) is 9.59 Å². The van der Waals surface area contributed by atoms with Gasteiger partial charge in [-0.05, 0) is 38.1 Å². The molecule has 0 spiro atoms. The van der Waals surface area contributed by atoms with Gasteiger partial charge in [0, 0.05) is 24.2 Å². The second kappa shape index (κ2) is 6.43. The molecule has 1 amide bonds. The van der Waals surface area contributed by atoms with E-state index in [1.54, 1.807) is 48.0 Å². The zero-order valence-corrected chi connectivity index (χ0v) is 14.4. The van der Waals surface area contributed by atoms with E-state index in [0.29, 0.717) is 16.6 Å². The Balaban J connectivity index is 2.26. The van der Waals surface area contributed by atoms with Gasteiger partial charge in [-0.25, -0.2) is 0 Å². The summed E-state index contributed by atoms with van der Waals surface area (Å²) in [5.74, 6) is -0.806. The molecule has 0 aliphatic heterocycles. The van der Waals surface area contributed by atoms with E-state index in [1.807, 2.05) is 32.0 Å². The van der Waals surface area contributed by atoms with Crippen molar-refractivity contribution in [2.24, 2.45) is 0 Å². The number of anilines is 1. The lowest BCUT2D eigenvalue weighted by Gasteiger charge is -2.21. The number of amides is 1. The van der Waals surface area contributed by atoms with E-state index in [4.69, 9.17) is 0 Å². The average Bonchev–Trinajstić information content (AvgIpc) is 2.61. The van der Waals surface area contributed by atoms with Crippen LogP contribution in [0.1, 0.15) is 30.2 Å². The molecule has 0 radical (unpaired) electrons. The van der Waals surface area contributed by atoms with Crippen LogP contribution in [-0.4, -0.2) is 22.6 Å². The maximum Gasteiger partial charge on any atom is 0.267 e. The minimum absolute atomic E-state index is 0.147. The van der Waals surface area contributed by atoms with Crippen LogP contribution in [0.25, 0.3) is 10.9 Å². The molecule has 1 N–H and O–H groups in total. The maximum atomic E-state index is 13.0. The Hall–Kier alpha value is -3.08. The fourth-order valence-electron chi connectivity index (χ4n) is 2.99. The molecule has 25 heavy (non-hydrogen) atoms. The molecule has 0 unspecified atom stereocenters. The van der Waals surface area contributed by atoms with Crippen LogP contribution in [0.15, 0.2) is 59.4 Å². The highest BCUT2D eigenvalue weighted by molar-refractivity contribution is 6.10. The Kier molecular flexibility index (Phi) is 4.31. The molecule has 3 rings (SSSR count). The third kappa shape index (κ3) is 2.78. The van der Waals surface area contributed by atoms with Crippen LogP contribution in [0.5, 0.6) is 5.75 Å². The van der Waals surface area contributed by atoms with Crippen molar-refractivity contribution >= 4 is 22.5 Å². The van der Waals surface area contributed by atoms with Crippen molar-refractivity contribution in [1.29, 1.82) is 0 Å². The first-order valence-corrected chi connectivity index (χ1v) is 8.12. The van der Waals surface area contributed by atoms with Crippen molar-refractivity contribution in [2.75, 3.05) is 11.9 Å². The van der Waals surface area contributed by atoms with Gasteiger partial charge in [0.25, 0.3) is 11.5 Å². The number of carbonyl (C=O) groups is 1. The van der Waals surface area contributed by atoms with E-state index in [1.165, 1.54) is 4.90 Å². The van der Waals surface area contributed by atoms with Crippen LogP contribution < -0.4 is 10.5 Å². The van der Waals surface area contributed by atoms with Gasteiger partial charge in [0.05, 0.1) is 5.52 Å². The number of fused-ring (bicyclic) bond motifs is 1. The zero-order chi connectivity index (χ0) is 18.1. The molecule has 3 aromatic rings. The van der Waals surface area contributed by atoms with Crippen molar-refractivity contribution in [3.05, 3.63) is 70.5 Å². The zero-order valence-electron chi connectivity index (χ0n) is 14.4. The van der Waals surface area contributed by atoms with Gasteiger partial charge in [0.15, 0.2) is 0 Å². The van der Waals surface area contributed by atoms with Crippen LogP contribution in [-0.2, 0) is 0 Å². The van der Waals surface area contributed by atoms with Crippen molar-refractivity contribution in [1.82, 2.24) is 4.57 Å². The van der Waals surface area contributed by atoms with Crippen molar-refractivity contribution in [3.63, 3.8) is 0 Å². The molecule has 5 heteroatoms. The quantitative estimate of drug-likeness (QED) is 0.795. The molecule has 128 valence electrons. The average molecular weight is 336 g/mol. The first kappa shape index (κ1) is 16.8. The van der Waals surface area contributed by atoms with Crippen LogP contribution in [0.3, 0.4) is 0 Å². The van der Waals surface area contributed by atoms with E-state index < -0.39 is 11.5 Å². The Morgan fingerprint density at radius 1 is 1.04 bits per heavy atom. The van der Waals surface area contributed by atoms with Gasteiger partial charge < -0.3 is 14.6 Å². The number of benzene rings is 2. The molecule has 1 aromatic heterocycles. The number of hydrogen-bond donors (Lipinski definition) is 1. The van der Waals surface area contributed by atoms with E-state index in [2.05, 4.69) is 0 Å². The van der Waals surface area contributed by atoms with Crippen LogP contribution in [0, 0.1) is 0 Å². The minimum Gasteiger partial charge on any atom is -0.506 e. The normalized spacial score (nSPS) is 11.0. The first-order chi connectivity index (χ1) is 11.9. The Morgan fingerprint density at radius 3 is 2.28 bits per heavy atom. The standard InChI is InChI=1S/C20H20N2O3/c1-13(2)22-16-12-8-7-11-15(16)18(23)17(20(22)25)19(24)21(3)14-9-5-4-6-10-14/h4-13,23H,1-3H3. The summed E-state index contributed by atoms with van der Waals surface area (Å²) in [6, 6.07) is 15.9. The number of aromatic nitrogens is 1. The molecule has 0 aliphatic rings. The molecular formula is C20H20N2O3. The number of rotatable bonds is 3. The molecule has 2 aromatic carbocycles. The first-order valence-electron chi connectivity index (χ1n) is 8.12. The lowest BCUT2D eigenvalue weighted by Crippen LogP contribution is -2.35. The molecule has 5 nitrogen and oxygen atoms in total. The second-order valence-corrected chi connectivity index (χ2v) is 6.21. The lowest BCUT2D eigenvalue weighted by atomic mass is 10.1. The maximum absolute atomic E-state index is 13.0. The summed E-state index contributed by atoms with van der Waals surface area (Å²) in [6.07, 6.45) is 0. The van der Waals surface area contributed by atoms with Crippen LogP contribution in [0.4, 0.5) is 5.69 Å². The number of carbonyl (C=O) groups excluding carboxylic acids is 1. The highest BCUT2D eigenvalue weighted by atomic mass is 16.3. The molecule has 0 bridgehead atoms. The van der Waals surface area contributed by atoms with Gasteiger partial charge in [-0.1, -0.05) is 30.3 Å². The molecule has 1 heterocycles. The number of hydrogen-bond acceptors (Lipinski definition) is 3. The fraction of sp³-hybridized carbons (Fsp3) is 0.200. The summed E-state index contributed by atoms with van der Waals surface area (Å²) in [5, 5.41) is 11.1. The Bertz CT molecular complexity index is 991. The van der Waals surface area contributed by atoms with Crippen LogP contribution >= 0.6 is 0 Å². The predicted molar refractivity (Wildman–Crippen MR) is 99.4 cm³/mol. The Morgan fingerprint density at radius 2 is 1.64 bits per heavy atom. The van der Waals surface area contributed by atoms with Gasteiger partial charge in [-0.2, -0.15) is 0 Å². The minimum atomic E-state index is -0.533. The monoisotopic (exact) mass is 336 g/mol. The lowest BCUT2D eigenvalue weighted by molar-refractivity contribution is 0.0988. The topological polar surface area (TPSA) is 62.5 Å². The number of aromatic hydroxyl groups is 1. The highest BCUT2D eigenvalue weighted by Crippen LogP contribution is 2.29. The summed E-state index contributed by atoms with van der Waals surface area (Å²) in [5.41, 5.74) is 0.562. The Labute approximate surface area is 145 Å². The van der Waals surface area contributed by atoms with E-state index in [9.17, 15) is 14.7 Å². The predicted octanol–water partition coefficient (Wildman–Crippen LogP) is 3.56. The van der Waals surface area contributed by atoms with Gasteiger partial charge >= 0.3 is 0 Å². The summed E-state index contributed by atoms with van der Waals surface area (Å²) in [4.78, 5) is 27.3.